The topological polar surface area (TPSA) is 27.0 Å². The van der Waals surface area contributed by atoms with Gasteiger partial charge in [0.25, 0.3) is 0 Å². The number of pyridine rings is 1. The first-order valence-electron chi connectivity index (χ1n) is 11.1. The van der Waals surface area contributed by atoms with E-state index in [1.807, 2.05) is 60.7 Å². The minimum Gasteiger partial charge on any atom is -0.652 e. The molecule has 1 heterocycles. The van der Waals surface area contributed by atoms with Crippen molar-refractivity contribution in [3.8, 4) is 0 Å². The Morgan fingerprint density at radius 1 is 0.875 bits per heavy atom. The van der Waals surface area contributed by atoms with Crippen LogP contribution in [-0.4, -0.2) is 10.5 Å². The van der Waals surface area contributed by atoms with Gasteiger partial charge in [-0.3, -0.25) is 4.98 Å². The van der Waals surface area contributed by atoms with Crippen LogP contribution in [0, 0.1) is 20.3 Å². The van der Waals surface area contributed by atoms with E-state index in [1.54, 1.807) is 0 Å². The maximum Gasteiger partial charge on any atom is 3.00 e. The number of benzene rings is 2. The molecule has 0 N–H and O–H groups in total. The molecule has 0 saturated heterocycles. The number of nitrogens with zero attached hydrogens (tertiary/aromatic N) is 2. The van der Waals surface area contributed by atoms with E-state index in [2.05, 4.69) is 64.6 Å². The largest absolute Gasteiger partial charge is 3.00 e. The average Bonchev–Trinajstić information content (AvgIpc) is 3.29. The minimum atomic E-state index is 0. The molecule has 167 valence electrons. The first-order valence-corrected chi connectivity index (χ1v) is 11.1. The van der Waals surface area contributed by atoms with Gasteiger partial charge in [0.2, 0.25) is 0 Å². The van der Waals surface area contributed by atoms with Gasteiger partial charge < -0.3 is 11.7 Å². The quantitative estimate of drug-likeness (QED) is 0.333. The van der Waals surface area contributed by atoms with Crippen molar-refractivity contribution < 1.29 is 26.2 Å². The molecule has 2 nitrogen and oxygen atoms in total. The van der Waals surface area contributed by atoms with Gasteiger partial charge in [-0.2, -0.15) is 55.7 Å². The molecule has 1 unspecified atom stereocenters. The maximum absolute atomic E-state index is 4.73. The van der Waals surface area contributed by atoms with Crippen molar-refractivity contribution in [3.63, 3.8) is 0 Å². The zero-order valence-corrected chi connectivity index (χ0v) is 22.3. The Balaban J connectivity index is 0.000000282. The Bertz CT molecular complexity index is 814. The Labute approximate surface area is 215 Å². The molecule has 3 heteroatoms. The van der Waals surface area contributed by atoms with Crippen LogP contribution in [0.2, 0.25) is 0 Å². The van der Waals surface area contributed by atoms with Crippen LogP contribution in [0.3, 0.4) is 0 Å². The van der Waals surface area contributed by atoms with E-state index in [0.717, 1.165) is 23.4 Å². The van der Waals surface area contributed by atoms with E-state index in [4.69, 9.17) is 4.98 Å². The van der Waals surface area contributed by atoms with Crippen molar-refractivity contribution in [1.29, 1.82) is 0 Å². The smallest absolute Gasteiger partial charge is 0.652 e. The predicted octanol–water partition coefficient (Wildman–Crippen LogP) is 7.96. The predicted molar refractivity (Wildman–Crippen MR) is 134 cm³/mol. The van der Waals surface area contributed by atoms with Gasteiger partial charge in [0.1, 0.15) is 0 Å². The summed E-state index contributed by atoms with van der Waals surface area (Å²) in [5.74, 6) is 0.574. The summed E-state index contributed by atoms with van der Waals surface area (Å²) >= 11 is 0. The maximum atomic E-state index is 4.73. The molecule has 0 amide bonds. The molecule has 1 atom stereocenters. The van der Waals surface area contributed by atoms with Gasteiger partial charge >= 0.3 is 26.2 Å². The van der Waals surface area contributed by atoms with E-state index in [9.17, 15) is 0 Å². The van der Waals surface area contributed by atoms with Gasteiger partial charge in [0.05, 0.1) is 0 Å². The third-order valence-corrected chi connectivity index (χ3v) is 4.78. The third kappa shape index (κ3) is 12.3. The molecular formula is C29H36N2Zr-. The Morgan fingerprint density at radius 2 is 1.44 bits per heavy atom. The van der Waals surface area contributed by atoms with Crippen LogP contribution >= 0.6 is 0 Å². The zero-order valence-electron chi connectivity index (χ0n) is 19.8. The van der Waals surface area contributed by atoms with Crippen LogP contribution in [0.1, 0.15) is 68.5 Å². The number of hydrogen-bond donors (Lipinski definition) is 0. The van der Waals surface area contributed by atoms with E-state index in [-0.39, 0.29) is 31.7 Å². The van der Waals surface area contributed by atoms with E-state index < -0.39 is 0 Å². The number of aromatic nitrogens is 1. The molecule has 4 rings (SSSR count). The Morgan fingerprint density at radius 3 is 1.84 bits per heavy atom. The first-order chi connectivity index (χ1) is 14.8. The van der Waals surface area contributed by atoms with Crippen LogP contribution in [0.5, 0.6) is 0 Å². The molecule has 1 fully saturated rings. The molecule has 3 aromatic rings. The van der Waals surface area contributed by atoms with Gasteiger partial charge in [-0.25, -0.2) is 0 Å². The molecule has 1 aliphatic rings. The minimum absolute atomic E-state index is 0. The number of rotatable bonds is 3. The van der Waals surface area contributed by atoms with Crippen molar-refractivity contribution in [2.75, 3.05) is 0 Å². The molecule has 0 bridgehead atoms. The van der Waals surface area contributed by atoms with Crippen LogP contribution in [0.4, 0.5) is 0 Å². The number of hydrogen-bond acceptors (Lipinski definition) is 1. The van der Waals surface area contributed by atoms with Gasteiger partial charge in [0, 0.05) is 11.4 Å². The van der Waals surface area contributed by atoms with Crippen molar-refractivity contribution in [2.45, 2.75) is 58.0 Å². The van der Waals surface area contributed by atoms with Crippen molar-refractivity contribution in [1.82, 2.24) is 4.98 Å². The van der Waals surface area contributed by atoms with Crippen molar-refractivity contribution >= 4 is 0 Å². The molecule has 1 aliphatic carbocycles. The fourth-order valence-corrected chi connectivity index (χ4v) is 3.11. The summed E-state index contributed by atoms with van der Waals surface area (Å²) in [5, 5.41) is 4.62. The second kappa shape index (κ2) is 15.1. The summed E-state index contributed by atoms with van der Waals surface area (Å²) < 4.78 is 0. The van der Waals surface area contributed by atoms with Gasteiger partial charge in [0.15, 0.2) is 0 Å². The zero-order chi connectivity index (χ0) is 22.5. The Kier molecular flexibility index (Phi) is 13.3. The van der Waals surface area contributed by atoms with Crippen LogP contribution in [0.25, 0.3) is 5.32 Å². The summed E-state index contributed by atoms with van der Waals surface area (Å²) in [6.07, 6.45) is 6.20. The SMILES string of the molecule is CC(C)(C)[N-]Cc1cccc(C2[CH-]CCC2)n1.[CH2-]c1ccccc1.[CH2-]c1ccccc1.[Zr+3]. The molecule has 1 radical (unpaired) electrons. The molecule has 1 saturated carbocycles. The van der Waals surface area contributed by atoms with Crippen molar-refractivity contribution in [3.05, 3.63) is 127 Å². The summed E-state index contributed by atoms with van der Waals surface area (Å²) in [5.41, 5.74) is 4.49. The normalized spacial score (nSPS) is 14.8. The van der Waals surface area contributed by atoms with Gasteiger partial charge in [-0.1, -0.05) is 51.8 Å². The summed E-state index contributed by atoms with van der Waals surface area (Å²) in [7, 11) is 0. The molecule has 0 spiro atoms. The van der Waals surface area contributed by atoms with Crippen molar-refractivity contribution in [2.24, 2.45) is 0 Å². The standard InChI is InChI=1S/C15H22N2.2C7H7.Zr/c1-15(2,3)16-11-13-9-6-10-14(17-13)12-7-4-5-8-12;2*1-7-5-3-2-4-6-7;/h6-7,9-10,12H,4-5,8,11H2,1-3H3;2*2-6H,1H2;/q-2;2*-1;+3. The molecule has 2 aromatic carbocycles. The van der Waals surface area contributed by atoms with E-state index in [0.29, 0.717) is 5.92 Å². The second-order valence-electron chi connectivity index (χ2n) is 8.79. The fourth-order valence-electron chi connectivity index (χ4n) is 3.11. The molecule has 0 aliphatic heterocycles. The Hall–Kier alpha value is -1.83. The average molecular weight is 504 g/mol. The molecule has 1 aromatic heterocycles. The summed E-state index contributed by atoms with van der Waals surface area (Å²) in [6, 6.07) is 26.1. The van der Waals surface area contributed by atoms with Crippen LogP contribution < -0.4 is 0 Å². The summed E-state index contributed by atoms with van der Waals surface area (Å²) in [6.45, 7) is 14.5. The van der Waals surface area contributed by atoms with E-state index >= 15 is 0 Å². The van der Waals surface area contributed by atoms with Crippen LogP contribution in [0.15, 0.2) is 78.9 Å². The molecule has 32 heavy (non-hydrogen) atoms. The van der Waals surface area contributed by atoms with Gasteiger partial charge in [-0.05, 0) is 12.1 Å². The van der Waals surface area contributed by atoms with Crippen LogP contribution in [-0.2, 0) is 32.7 Å². The monoisotopic (exact) mass is 502 g/mol. The molecular weight excluding hydrogens is 468 g/mol. The van der Waals surface area contributed by atoms with E-state index in [1.165, 1.54) is 25.0 Å². The summed E-state index contributed by atoms with van der Waals surface area (Å²) in [4.78, 5) is 4.73. The first kappa shape index (κ1) is 28.2. The third-order valence-electron chi connectivity index (χ3n) is 4.78. The second-order valence-corrected chi connectivity index (χ2v) is 8.79. The van der Waals surface area contributed by atoms with Gasteiger partial charge in [-0.15, -0.1) is 42.3 Å². The fraction of sp³-hybridized carbons (Fsp3) is 0.310.